The van der Waals surface area contributed by atoms with Crippen molar-refractivity contribution in [3.8, 4) is 0 Å². The van der Waals surface area contributed by atoms with E-state index in [0.29, 0.717) is 0 Å². The molecule has 0 atom stereocenters. The normalized spacial score (nSPS) is 11.1. The van der Waals surface area contributed by atoms with E-state index in [1.165, 1.54) is 0 Å². The molecule has 0 fully saturated rings. The standard InChI is InChI=1S/C13H23NO5/c1-8(2)18-12(19-9(3)4)7-14-13(17)10(5)6-11(15)16/h8-9,12H,5-7H2,1-4H3,(H,14,17)(H,15,16). The van der Waals surface area contributed by atoms with Crippen LogP contribution >= 0.6 is 0 Å². The summed E-state index contributed by atoms with van der Waals surface area (Å²) in [6.45, 7) is 11.0. The second kappa shape index (κ2) is 8.66. The quantitative estimate of drug-likeness (QED) is 0.489. The van der Waals surface area contributed by atoms with Gasteiger partial charge in [-0.2, -0.15) is 0 Å². The summed E-state index contributed by atoms with van der Waals surface area (Å²) in [7, 11) is 0. The fourth-order valence-electron chi connectivity index (χ4n) is 1.30. The minimum atomic E-state index is -1.09. The smallest absolute Gasteiger partial charge is 0.308 e. The van der Waals surface area contributed by atoms with Gasteiger partial charge in [-0.25, -0.2) is 0 Å². The van der Waals surface area contributed by atoms with E-state index in [1.54, 1.807) is 0 Å². The zero-order chi connectivity index (χ0) is 15.0. The van der Waals surface area contributed by atoms with E-state index >= 15 is 0 Å². The first-order valence-electron chi connectivity index (χ1n) is 6.21. The molecule has 0 saturated heterocycles. The van der Waals surface area contributed by atoms with Gasteiger partial charge in [0.15, 0.2) is 6.29 Å². The van der Waals surface area contributed by atoms with Gasteiger partial charge in [-0.05, 0) is 27.7 Å². The van der Waals surface area contributed by atoms with Crippen LogP contribution in [0, 0.1) is 0 Å². The summed E-state index contributed by atoms with van der Waals surface area (Å²) in [6, 6.07) is 0. The highest BCUT2D eigenvalue weighted by atomic mass is 16.7. The lowest BCUT2D eigenvalue weighted by Crippen LogP contribution is -2.38. The monoisotopic (exact) mass is 273 g/mol. The predicted octanol–water partition coefficient (Wildman–Crippen LogP) is 1.31. The summed E-state index contributed by atoms with van der Waals surface area (Å²) in [5, 5.41) is 11.1. The molecule has 0 heterocycles. The molecule has 0 aliphatic rings. The van der Waals surface area contributed by atoms with Crippen molar-refractivity contribution in [1.82, 2.24) is 5.32 Å². The van der Waals surface area contributed by atoms with Crippen LogP contribution < -0.4 is 5.32 Å². The van der Waals surface area contributed by atoms with Gasteiger partial charge in [0.25, 0.3) is 0 Å². The highest BCUT2D eigenvalue weighted by Crippen LogP contribution is 2.04. The zero-order valence-corrected chi connectivity index (χ0v) is 11.9. The van der Waals surface area contributed by atoms with Crippen LogP contribution in [0.1, 0.15) is 34.1 Å². The Morgan fingerprint density at radius 2 is 1.63 bits per heavy atom. The largest absolute Gasteiger partial charge is 0.481 e. The molecule has 0 rings (SSSR count). The van der Waals surface area contributed by atoms with Gasteiger partial charge < -0.3 is 19.9 Å². The maximum Gasteiger partial charge on any atom is 0.308 e. The summed E-state index contributed by atoms with van der Waals surface area (Å²) in [5.41, 5.74) is 0.000318. The Hall–Kier alpha value is -1.40. The predicted molar refractivity (Wildman–Crippen MR) is 70.6 cm³/mol. The molecule has 0 spiro atoms. The van der Waals surface area contributed by atoms with Gasteiger partial charge in [-0.3, -0.25) is 9.59 Å². The van der Waals surface area contributed by atoms with Crippen LogP contribution in [0.15, 0.2) is 12.2 Å². The van der Waals surface area contributed by atoms with E-state index in [9.17, 15) is 9.59 Å². The Kier molecular flexibility index (Phi) is 8.02. The maximum absolute atomic E-state index is 11.6. The van der Waals surface area contributed by atoms with Gasteiger partial charge in [-0.1, -0.05) is 6.58 Å². The van der Waals surface area contributed by atoms with Crippen molar-refractivity contribution in [3.05, 3.63) is 12.2 Å². The molecule has 0 bridgehead atoms. The number of carbonyl (C=O) groups is 2. The first-order chi connectivity index (χ1) is 8.72. The molecular formula is C13H23NO5. The summed E-state index contributed by atoms with van der Waals surface area (Å²) < 4.78 is 11.0. The molecule has 0 aromatic carbocycles. The summed E-state index contributed by atoms with van der Waals surface area (Å²) in [6.07, 6.45) is -1.03. The summed E-state index contributed by atoms with van der Waals surface area (Å²) >= 11 is 0. The van der Waals surface area contributed by atoms with Gasteiger partial charge in [0.1, 0.15) is 0 Å². The van der Waals surface area contributed by atoms with Crippen LogP contribution in [-0.2, 0) is 19.1 Å². The van der Waals surface area contributed by atoms with E-state index in [1.807, 2.05) is 27.7 Å². The lowest BCUT2D eigenvalue weighted by atomic mass is 10.2. The van der Waals surface area contributed by atoms with Crippen LogP contribution in [0.3, 0.4) is 0 Å². The Balaban J connectivity index is 4.26. The molecule has 6 nitrogen and oxygen atoms in total. The number of carboxylic acids is 1. The van der Waals surface area contributed by atoms with Crippen molar-refractivity contribution in [2.75, 3.05) is 6.54 Å². The fourth-order valence-corrected chi connectivity index (χ4v) is 1.30. The Morgan fingerprint density at radius 1 is 1.16 bits per heavy atom. The number of aliphatic carboxylic acids is 1. The number of nitrogens with one attached hydrogen (secondary N) is 1. The number of carbonyl (C=O) groups excluding carboxylic acids is 1. The Labute approximate surface area is 113 Å². The van der Waals surface area contributed by atoms with Crippen molar-refractivity contribution in [2.24, 2.45) is 0 Å². The molecule has 2 N–H and O–H groups in total. The van der Waals surface area contributed by atoms with Crippen LogP contribution in [0.25, 0.3) is 0 Å². The van der Waals surface area contributed by atoms with Gasteiger partial charge in [0.2, 0.25) is 5.91 Å². The molecule has 0 radical (unpaired) electrons. The molecule has 1 amide bonds. The maximum atomic E-state index is 11.6. The lowest BCUT2D eigenvalue weighted by molar-refractivity contribution is -0.178. The van der Waals surface area contributed by atoms with Crippen LogP contribution in [0.5, 0.6) is 0 Å². The molecule has 0 aliphatic heterocycles. The highest BCUT2D eigenvalue weighted by molar-refractivity contribution is 5.96. The van der Waals surface area contributed by atoms with E-state index in [0.717, 1.165) is 0 Å². The third kappa shape index (κ3) is 9.21. The third-order valence-corrected chi connectivity index (χ3v) is 1.96. The first-order valence-corrected chi connectivity index (χ1v) is 6.21. The average molecular weight is 273 g/mol. The van der Waals surface area contributed by atoms with E-state index in [2.05, 4.69) is 11.9 Å². The number of amides is 1. The van der Waals surface area contributed by atoms with Crippen LogP contribution in [0.4, 0.5) is 0 Å². The second-order valence-electron chi connectivity index (χ2n) is 4.68. The minimum absolute atomic E-state index is 0.000318. The van der Waals surface area contributed by atoms with Gasteiger partial charge in [0.05, 0.1) is 25.2 Å². The Morgan fingerprint density at radius 3 is 2.00 bits per heavy atom. The fraction of sp³-hybridized carbons (Fsp3) is 0.692. The van der Waals surface area contributed by atoms with E-state index in [4.69, 9.17) is 14.6 Å². The van der Waals surface area contributed by atoms with Crippen molar-refractivity contribution < 1.29 is 24.2 Å². The van der Waals surface area contributed by atoms with Gasteiger partial charge >= 0.3 is 5.97 Å². The zero-order valence-electron chi connectivity index (χ0n) is 11.9. The minimum Gasteiger partial charge on any atom is -0.481 e. The van der Waals surface area contributed by atoms with Crippen molar-refractivity contribution in [2.45, 2.75) is 52.6 Å². The van der Waals surface area contributed by atoms with Gasteiger partial charge in [-0.15, -0.1) is 0 Å². The van der Waals surface area contributed by atoms with E-state index in [-0.39, 0.29) is 30.7 Å². The van der Waals surface area contributed by atoms with Crippen molar-refractivity contribution in [3.63, 3.8) is 0 Å². The molecule has 0 aromatic rings. The van der Waals surface area contributed by atoms with Crippen molar-refractivity contribution in [1.29, 1.82) is 0 Å². The number of carboxylic acid groups (broad SMARTS) is 1. The SMILES string of the molecule is C=C(CC(=O)O)C(=O)NCC(OC(C)C)OC(C)C. The summed E-state index contributed by atoms with van der Waals surface area (Å²) in [5.74, 6) is -1.60. The molecule has 0 aromatic heterocycles. The topological polar surface area (TPSA) is 84.9 Å². The number of hydrogen-bond acceptors (Lipinski definition) is 4. The molecule has 110 valence electrons. The molecule has 0 saturated carbocycles. The third-order valence-electron chi connectivity index (χ3n) is 1.96. The van der Waals surface area contributed by atoms with Crippen molar-refractivity contribution >= 4 is 11.9 Å². The second-order valence-corrected chi connectivity index (χ2v) is 4.68. The van der Waals surface area contributed by atoms with Crippen LogP contribution in [-0.4, -0.2) is 42.0 Å². The van der Waals surface area contributed by atoms with Gasteiger partial charge in [0, 0.05) is 5.57 Å². The molecule has 0 unspecified atom stereocenters. The molecule has 6 heteroatoms. The number of hydrogen-bond donors (Lipinski definition) is 2. The Bertz CT molecular complexity index is 315. The molecule has 19 heavy (non-hydrogen) atoms. The van der Waals surface area contributed by atoms with E-state index < -0.39 is 18.2 Å². The molecular weight excluding hydrogens is 250 g/mol. The highest BCUT2D eigenvalue weighted by Gasteiger charge is 2.16. The number of ether oxygens (including phenoxy) is 2. The lowest BCUT2D eigenvalue weighted by Gasteiger charge is -2.23. The number of rotatable bonds is 9. The first kappa shape index (κ1) is 17.6. The molecule has 0 aliphatic carbocycles. The summed E-state index contributed by atoms with van der Waals surface area (Å²) in [4.78, 5) is 22.0. The average Bonchev–Trinajstić information content (AvgIpc) is 2.22. The van der Waals surface area contributed by atoms with Crippen LogP contribution in [0.2, 0.25) is 0 Å².